The lowest BCUT2D eigenvalue weighted by Crippen LogP contribution is -2.49. The van der Waals surface area contributed by atoms with Crippen molar-refractivity contribution >= 4 is 0 Å². The molecule has 0 aromatic heterocycles. The van der Waals surface area contributed by atoms with Crippen molar-refractivity contribution in [3.63, 3.8) is 0 Å². The zero-order chi connectivity index (χ0) is 14.4. The first-order valence-corrected chi connectivity index (χ1v) is 9.06. The fourth-order valence-electron chi connectivity index (χ4n) is 4.56. The largest absolute Gasteiger partial charge is 0.316 e. The van der Waals surface area contributed by atoms with Gasteiger partial charge in [-0.3, -0.25) is 0 Å². The topological polar surface area (TPSA) is 15.3 Å². The molecule has 2 rings (SSSR count). The van der Waals surface area contributed by atoms with Crippen LogP contribution in [0.15, 0.2) is 0 Å². The van der Waals surface area contributed by atoms with E-state index in [0.29, 0.717) is 5.41 Å². The Labute approximate surface area is 126 Å². The van der Waals surface area contributed by atoms with Crippen LogP contribution in [0.2, 0.25) is 0 Å². The molecule has 1 N–H and O–H groups in total. The van der Waals surface area contributed by atoms with Crippen molar-refractivity contribution in [3.8, 4) is 0 Å². The summed E-state index contributed by atoms with van der Waals surface area (Å²) in [5.41, 5.74) is 0.559. The fraction of sp³-hybridized carbons (Fsp3) is 1.00. The summed E-state index contributed by atoms with van der Waals surface area (Å²) in [7, 11) is 0. The van der Waals surface area contributed by atoms with Gasteiger partial charge in [0.2, 0.25) is 0 Å². The Morgan fingerprint density at radius 3 is 2.65 bits per heavy atom. The Bertz CT molecular complexity index is 279. The monoisotopic (exact) mass is 280 g/mol. The first kappa shape index (κ1) is 16.3. The summed E-state index contributed by atoms with van der Waals surface area (Å²) >= 11 is 0. The van der Waals surface area contributed by atoms with E-state index in [-0.39, 0.29) is 0 Å². The Morgan fingerprint density at radius 2 is 1.95 bits per heavy atom. The number of rotatable bonds is 6. The highest BCUT2D eigenvalue weighted by molar-refractivity contribution is 4.90. The van der Waals surface area contributed by atoms with Gasteiger partial charge in [0.05, 0.1) is 0 Å². The number of piperidine rings is 1. The standard InChI is InChI=1S/C18H36N2/c1-4-10-19-14-18(9-5-7-16(2)12-18)15-20-11-6-8-17(3)13-20/h16-17,19H,4-15H2,1-3H3. The van der Waals surface area contributed by atoms with E-state index in [4.69, 9.17) is 0 Å². The molecule has 1 saturated carbocycles. The summed E-state index contributed by atoms with van der Waals surface area (Å²) < 4.78 is 0. The van der Waals surface area contributed by atoms with Crippen LogP contribution < -0.4 is 5.32 Å². The molecule has 0 amide bonds. The van der Waals surface area contributed by atoms with Gasteiger partial charge in [0.15, 0.2) is 0 Å². The molecule has 2 heteroatoms. The third-order valence-corrected chi connectivity index (χ3v) is 5.41. The van der Waals surface area contributed by atoms with Crippen LogP contribution in [0.5, 0.6) is 0 Å². The quantitative estimate of drug-likeness (QED) is 0.742. The maximum atomic E-state index is 3.74. The summed E-state index contributed by atoms with van der Waals surface area (Å²) in [4.78, 5) is 2.78. The lowest BCUT2D eigenvalue weighted by atomic mass is 9.69. The van der Waals surface area contributed by atoms with Gasteiger partial charge in [-0.15, -0.1) is 0 Å². The predicted octanol–water partition coefficient (Wildman–Crippen LogP) is 3.91. The molecule has 0 aromatic carbocycles. The Balaban J connectivity index is 1.94. The number of hydrogen-bond acceptors (Lipinski definition) is 2. The highest BCUT2D eigenvalue weighted by atomic mass is 15.1. The van der Waals surface area contributed by atoms with Crippen LogP contribution in [-0.2, 0) is 0 Å². The summed E-state index contributed by atoms with van der Waals surface area (Å²) in [6.07, 6.45) is 9.88. The van der Waals surface area contributed by atoms with Gasteiger partial charge in [-0.1, -0.05) is 33.6 Å². The second kappa shape index (κ2) is 7.79. The molecule has 0 radical (unpaired) electrons. The van der Waals surface area contributed by atoms with Gasteiger partial charge >= 0.3 is 0 Å². The maximum Gasteiger partial charge on any atom is 0.00504 e. The smallest absolute Gasteiger partial charge is 0.00504 e. The minimum absolute atomic E-state index is 0.559. The van der Waals surface area contributed by atoms with Gasteiger partial charge in [0.1, 0.15) is 0 Å². The first-order valence-electron chi connectivity index (χ1n) is 9.06. The average molecular weight is 280 g/mol. The summed E-state index contributed by atoms with van der Waals surface area (Å²) in [6.45, 7) is 13.6. The Kier molecular flexibility index (Phi) is 6.35. The minimum atomic E-state index is 0.559. The van der Waals surface area contributed by atoms with Crippen LogP contribution in [0, 0.1) is 17.3 Å². The molecule has 0 aromatic rings. The molecule has 20 heavy (non-hydrogen) atoms. The van der Waals surface area contributed by atoms with E-state index < -0.39 is 0 Å². The van der Waals surface area contributed by atoms with Gasteiger partial charge in [0, 0.05) is 19.6 Å². The molecule has 1 saturated heterocycles. The summed E-state index contributed by atoms with van der Waals surface area (Å²) in [5, 5.41) is 3.74. The van der Waals surface area contributed by atoms with Crippen molar-refractivity contribution in [1.82, 2.24) is 10.2 Å². The zero-order valence-electron chi connectivity index (χ0n) is 14.1. The van der Waals surface area contributed by atoms with Crippen molar-refractivity contribution in [3.05, 3.63) is 0 Å². The molecule has 118 valence electrons. The number of nitrogens with one attached hydrogen (secondary N) is 1. The molecule has 2 aliphatic rings. The zero-order valence-corrected chi connectivity index (χ0v) is 14.1. The van der Waals surface area contributed by atoms with E-state index in [2.05, 4.69) is 31.0 Å². The molecule has 2 fully saturated rings. The van der Waals surface area contributed by atoms with Crippen LogP contribution in [0.4, 0.5) is 0 Å². The normalized spacial score (nSPS) is 36.1. The third-order valence-electron chi connectivity index (χ3n) is 5.41. The van der Waals surface area contributed by atoms with Gasteiger partial charge in [0.25, 0.3) is 0 Å². The van der Waals surface area contributed by atoms with Crippen LogP contribution in [0.1, 0.15) is 65.7 Å². The lowest BCUT2D eigenvalue weighted by molar-refractivity contribution is 0.0595. The number of hydrogen-bond donors (Lipinski definition) is 1. The van der Waals surface area contributed by atoms with Gasteiger partial charge < -0.3 is 10.2 Å². The summed E-state index contributed by atoms with van der Waals surface area (Å²) in [6, 6.07) is 0. The van der Waals surface area contributed by atoms with Crippen molar-refractivity contribution in [2.24, 2.45) is 17.3 Å². The van der Waals surface area contributed by atoms with E-state index in [1.54, 1.807) is 0 Å². The van der Waals surface area contributed by atoms with E-state index in [0.717, 1.165) is 11.8 Å². The highest BCUT2D eigenvalue weighted by Crippen LogP contribution is 2.40. The lowest BCUT2D eigenvalue weighted by Gasteiger charge is -2.45. The van der Waals surface area contributed by atoms with Crippen molar-refractivity contribution < 1.29 is 0 Å². The fourth-order valence-corrected chi connectivity index (χ4v) is 4.56. The SMILES string of the molecule is CCCNCC1(CN2CCCC(C)C2)CCCC(C)C1. The van der Waals surface area contributed by atoms with Crippen LogP contribution >= 0.6 is 0 Å². The second-order valence-corrected chi connectivity index (χ2v) is 7.86. The molecule has 1 aliphatic carbocycles. The van der Waals surface area contributed by atoms with Crippen molar-refractivity contribution in [1.29, 1.82) is 0 Å². The maximum absolute atomic E-state index is 3.74. The summed E-state index contributed by atoms with van der Waals surface area (Å²) in [5.74, 6) is 1.83. The Morgan fingerprint density at radius 1 is 1.15 bits per heavy atom. The molecule has 1 heterocycles. The van der Waals surface area contributed by atoms with E-state index in [9.17, 15) is 0 Å². The van der Waals surface area contributed by atoms with Gasteiger partial charge in [-0.05, 0) is 62.4 Å². The average Bonchev–Trinajstić information content (AvgIpc) is 2.39. The molecular weight excluding hydrogens is 244 g/mol. The highest BCUT2D eigenvalue weighted by Gasteiger charge is 2.36. The molecule has 0 spiro atoms. The van der Waals surface area contributed by atoms with Crippen molar-refractivity contribution in [2.75, 3.05) is 32.7 Å². The number of nitrogens with zero attached hydrogens (tertiary/aromatic N) is 1. The van der Waals surface area contributed by atoms with Crippen LogP contribution in [0.25, 0.3) is 0 Å². The number of likely N-dealkylation sites (tertiary alicyclic amines) is 1. The third kappa shape index (κ3) is 4.73. The van der Waals surface area contributed by atoms with E-state index in [1.807, 2.05) is 0 Å². The van der Waals surface area contributed by atoms with Crippen LogP contribution in [-0.4, -0.2) is 37.6 Å². The Hall–Kier alpha value is -0.0800. The predicted molar refractivity (Wildman–Crippen MR) is 88.1 cm³/mol. The molecule has 3 unspecified atom stereocenters. The van der Waals surface area contributed by atoms with Gasteiger partial charge in [-0.25, -0.2) is 0 Å². The van der Waals surface area contributed by atoms with Crippen LogP contribution in [0.3, 0.4) is 0 Å². The molecule has 2 nitrogen and oxygen atoms in total. The van der Waals surface area contributed by atoms with E-state index in [1.165, 1.54) is 77.7 Å². The van der Waals surface area contributed by atoms with E-state index >= 15 is 0 Å². The molecule has 1 aliphatic heterocycles. The molecule has 3 atom stereocenters. The first-order chi connectivity index (χ1) is 9.63. The van der Waals surface area contributed by atoms with Gasteiger partial charge in [-0.2, -0.15) is 0 Å². The van der Waals surface area contributed by atoms with Crippen molar-refractivity contribution in [2.45, 2.75) is 65.7 Å². The molecular formula is C18H36N2. The minimum Gasteiger partial charge on any atom is -0.316 e. The second-order valence-electron chi connectivity index (χ2n) is 7.86. The molecule has 0 bridgehead atoms.